The zero-order valence-electron chi connectivity index (χ0n) is 18.3. The van der Waals surface area contributed by atoms with E-state index in [-0.39, 0.29) is 39.0 Å². The summed E-state index contributed by atoms with van der Waals surface area (Å²) in [5.41, 5.74) is -2.33. The first-order chi connectivity index (χ1) is 17.1. The first kappa shape index (κ1) is 26.5. The molecule has 0 bridgehead atoms. The quantitative estimate of drug-likeness (QED) is 0.399. The molecule has 0 radical (unpaired) electrons. The van der Waals surface area contributed by atoms with Crippen LogP contribution >= 0.6 is 11.6 Å². The fourth-order valence-corrected chi connectivity index (χ4v) is 4.82. The first-order valence-electron chi connectivity index (χ1n) is 10.2. The van der Waals surface area contributed by atoms with Crippen molar-refractivity contribution in [1.29, 1.82) is 0 Å². The molecular weight excluding hydrogens is 545 g/mol. The van der Waals surface area contributed by atoms with Crippen molar-refractivity contribution in [3.63, 3.8) is 0 Å². The lowest BCUT2D eigenvalue weighted by molar-refractivity contribution is -0.137. The summed E-state index contributed by atoms with van der Waals surface area (Å²) in [7, 11) is -4.10. The van der Waals surface area contributed by atoms with Gasteiger partial charge in [-0.2, -0.15) is 13.2 Å². The molecule has 0 saturated heterocycles. The maximum absolute atomic E-state index is 14.0. The van der Waals surface area contributed by atoms with Gasteiger partial charge in [0.25, 0.3) is 11.8 Å². The van der Waals surface area contributed by atoms with E-state index in [1.54, 1.807) is 0 Å². The molecule has 0 saturated carbocycles. The number of nitrogens with two attached hydrogens (primary N) is 1. The fraction of sp³-hybridized carbons (Fsp3) is 0.130. The number of carbonyl (C=O) groups excluding carboxylic acids is 2. The molecule has 0 aromatic heterocycles. The number of primary sulfonamides is 1. The number of nitrogens with one attached hydrogen (secondary N) is 2. The van der Waals surface area contributed by atoms with E-state index in [1.807, 2.05) is 0 Å². The molecule has 37 heavy (non-hydrogen) atoms. The van der Waals surface area contributed by atoms with Gasteiger partial charge >= 0.3 is 6.18 Å². The number of sulfonamides is 1. The Kier molecular flexibility index (Phi) is 6.73. The van der Waals surface area contributed by atoms with Gasteiger partial charge in [-0.3, -0.25) is 9.59 Å². The maximum atomic E-state index is 14.0. The van der Waals surface area contributed by atoms with E-state index in [2.05, 4.69) is 10.6 Å². The number of halogens is 6. The Labute approximate surface area is 211 Å². The molecule has 194 valence electrons. The second kappa shape index (κ2) is 9.39. The highest BCUT2D eigenvalue weighted by atomic mass is 35.5. The lowest BCUT2D eigenvalue weighted by atomic mass is 9.94. The molecule has 0 spiro atoms. The maximum Gasteiger partial charge on any atom is 0.416 e. The van der Waals surface area contributed by atoms with E-state index in [4.69, 9.17) is 16.7 Å². The van der Waals surface area contributed by atoms with Crippen molar-refractivity contribution in [3.05, 3.63) is 98.6 Å². The molecule has 1 atom stereocenters. The minimum Gasteiger partial charge on any atom is -0.341 e. The standard InChI is InChI=1S/C23H15ClF5N3O4S/c24-17-2-1-13(25)8-15(17)20-19-16(22(34)32-20)3-10(9-37(30,35)36)4-18(19)31-21(33)11-5-12(23(27,28)29)7-14(26)6-11/h1-8,20H,9H2,(H,31,33)(H,32,34)(H2,30,35,36)/t20-/m0/s1. The minimum atomic E-state index is -4.94. The van der Waals surface area contributed by atoms with Gasteiger partial charge in [-0.15, -0.1) is 0 Å². The highest BCUT2D eigenvalue weighted by Gasteiger charge is 2.36. The molecule has 7 nitrogen and oxygen atoms in total. The number of hydrogen-bond donors (Lipinski definition) is 3. The number of anilines is 1. The highest BCUT2D eigenvalue weighted by molar-refractivity contribution is 7.88. The van der Waals surface area contributed by atoms with Crippen molar-refractivity contribution >= 4 is 39.1 Å². The number of benzene rings is 3. The van der Waals surface area contributed by atoms with Gasteiger partial charge in [0.15, 0.2) is 0 Å². The zero-order chi connectivity index (χ0) is 27.3. The topological polar surface area (TPSA) is 118 Å². The average Bonchev–Trinajstić information content (AvgIpc) is 3.09. The normalized spacial score (nSPS) is 15.3. The lowest BCUT2D eigenvalue weighted by Gasteiger charge is -2.19. The molecule has 3 aromatic rings. The summed E-state index contributed by atoms with van der Waals surface area (Å²) in [6.45, 7) is 0. The molecular formula is C23H15ClF5N3O4S. The van der Waals surface area contributed by atoms with Gasteiger partial charge < -0.3 is 10.6 Å². The summed E-state index contributed by atoms with van der Waals surface area (Å²) in [4.78, 5) is 25.7. The molecule has 1 heterocycles. The van der Waals surface area contributed by atoms with Crippen molar-refractivity contribution in [2.45, 2.75) is 18.0 Å². The number of amides is 2. The smallest absolute Gasteiger partial charge is 0.341 e. The third kappa shape index (κ3) is 5.73. The molecule has 0 aliphatic carbocycles. The van der Waals surface area contributed by atoms with Crippen LogP contribution in [0.25, 0.3) is 0 Å². The van der Waals surface area contributed by atoms with Crippen LogP contribution in [0.3, 0.4) is 0 Å². The van der Waals surface area contributed by atoms with Crippen LogP contribution in [0.4, 0.5) is 27.6 Å². The molecule has 2 amide bonds. The van der Waals surface area contributed by atoms with Crippen molar-refractivity contribution in [2.24, 2.45) is 5.14 Å². The number of alkyl halides is 3. The highest BCUT2D eigenvalue weighted by Crippen LogP contribution is 2.40. The van der Waals surface area contributed by atoms with Crippen molar-refractivity contribution in [2.75, 3.05) is 5.32 Å². The van der Waals surface area contributed by atoms with Gasteiger partial charge in [0.05, 0.1) is 17.4 Å². The van der Waals surface area contributed by atoms with Gasteiger partial charge in [0, 0.05) is 33.0 Å². The third-order valence-electron chi connectivity index (χ3n) is 5.42. The van der Waals surface area contributed by atoms with Gasteiger partial charge in [0.2, 0.25) is 10.0 Å². The number of rotatable bonds is 5. The number of hydrogen-bond acceptors (Lipinski definition) is 4. The third-order valence-corrected chi connectivity index (χ3v) is 6.50. The van der Waals surface area contributed by atoms with Crippen LogP contribution in [0.15, 0.2) is 48.5 Å². The zero-order valence-corrected chi connectivity index (χ0v) is 19.9. The van der Waals surface area contributed by atoms with Crippen LogP contribution in [0.1, 0.15) is 49.0 Å². The molecule has 3 aromatic carbocycles. The number of carbonyl (C=O) groups is 2. The van der Waals surface area contributed by atoms with Gasteiger partial charge in [-0.05, 0) is 54.1 Å². The molecule has 4 N–H and O–H groups in total. The average molecular weight is 560 g/mol. The van der Waals surface area contributed by atoms with E-state index in [9.17, 15) is 40.0 Å². The molecule has 0 unspecified atom stereocenters. The predicted molar refractivity (Wildman–Crippen MR) is 123 cm³/mol. The molecule has 4 rings (SSSR count). The summed E-state index contributed by atoms with van der Waals surface area (Å²) in [6, 6.07) is 5.77. The Morgan fingerprint density at radius 1 is 1.05 bits per heavy atom. The predicted octanol–water partition coefficient (Wildman–Crippen LogP) is 4.51. The largest absolute Gasteiger partial charge is 0.416 e. The Hall–Kier alpha value is -3.55. The van der Waals surface area contributed by atoms with Gasteiger partial charge in [-0.1, -0.05) is 11.6 Å². The monoisotopic (exact) mass is 559 g/mol. The van der Waals surface area contributed by atoms with Crippen LogP contribution < -0.4 is 15.8 Å². The summed E-state index contributed by atoms with van der Waals surface area (Å²) in [5.74, 6) is -4.69. The van der Waals surface area contributed by atoms with E-state index in [0.717, 1.165) is 18.2 Å². The minimum absolute atomic E-state index is 0.0343. The van der Waals surface area contributed by atoms with E-state index in [1.165, 1.54) is 12.1 Å². The Bertz CT molecular complexity index is 1560. The molecule has 0 fully saturated rings. The second-order valence-electron chi connectivity index (χ2n) is 8.16. The van der Waals surface area contributed by atoms with E-state index < -0.39 is 62.6 Å². The number of fused-ring (bicyclic) bond motifs is 1. The van der Waals surface area contributed by atoms with Crippen molar-refractivity contribution in [1.82, 2.24) is 5.32 Å². The summed E-state index contributed by atoms with van der Waals surface area (Å²) < 4.78 is 90.5. The molecule has 1 aliphatic heterocycles. The Balaban J connectivity index is 1.86. The molecule has 1 aliphatic rings. The van der Waals surface area contributed by atoms with Crippen LogP contribution in [0.2, 0.25) is 5.02 Å². The van der Waals surface area contributed by atoms with E-state index in [0.29, 0.717) is 12.1 Å². The second-order valence-corrected chi connectivity index (χ2v) is 10.2. The Morgan fingerprint density at radius 3 is 2.41 bits per heavy atom. The van der Waals surface area contributed by atoms with Crippen molar-refractivity contribution in [3.8, 4) is 0 Å². The lowest BCUT2D eigenvalue weighted by Crippen LogP contribution is -2.21. The van der Waals surface area contributed by atoms with Crippen LogP contribution in [-0.4, -0.2) is 20.2 Å². The van der Waals surface area contributed by atoms with Crippen LogP contribution in [-0.2, 0) is 22.0 Å². The van der Waals surface area contributed by atoms with Gasteiger partial charge in [0.1, 0.15) is 11.6 Å². The summed E-state index contributed by atoms with van der Waals surface area (Å²) in [6.07, 6.45) is -4.94. The summed E-state index contributed by atoms with van der Waals surface area (Å²) >= 11 is 6.19. The van der Waals surface area contributed by atoms with Crippen molar-refractivity contribution < 1.29 is 40.0 Å². The van der Waals surface area contributed by atoms with Gasteiger partial charge in [-0.25, -0.2) is 22.3 Å². The van der Waals surface area contributed by atoms with E-state index >= 15 is 0 Å². The first-order valence-corrected chi connectivity index (χ1v) is 12.3. The van der Waals surface area contributed by atoms with Crippen LogP contribution in [0.5, 0.6) is 0 Å². The molecule has 14 heteroatoms. The Morgan fingerprint density at radius 2 is 1.76 bits per heavy atom. The summed E-state index contributed by atoms with van der Waals surface area (Å²) in [5, 5.41) is 10.0. The van der Waals surface area contributed by atoms with Crippen LogP contribution in [0, 0.1) is 11.6 Å². The SMILES string of the molecule is NS(=O)(=O)Cc1cc(NC(=O)c2cc(F)cc(C(F)(F)F)c2)c2c(c1)C(=O)N[C@H]2c1cc(F)ccc1Cl. The fourth-order valence-electron chi connectivity index (χ4n) is 3.96.